The normalized spacial score (nSPS) is 23.6. The zero-order valence-electron chi connectivity index (χ0n) is 11.4. The van der Waals surface area contributed by atoms with Gasteiger partial charge in [0.05, 0.1) is 5.37 Å². The van der Waals surface area contributed by atoms with Crippen LogP contribution in [0.2, 0.25) is 0 Å². The van der Waals surface area contributed by atoms with Gasteiger partial charge in [-0.25, -0.2) is 4.79 Å². The lowest BCUT2D eigenvalue weighted by molar-refractivity contribution is -0.154. The molecule has 0 aliphatic carbocycles. The Morgan fingerprint density at radius 1 is 1.40 bits per heavy atom. The van der Waals surface area contributed by atoms with Gasteiger partial charge in [0.1, 0.15) is 6.04 Å². The van der Waals surface area contributed by atoms with Crippen LogP contribution in [0.5, 0.6) is 0 Å². The predicted molar refractivity (Wildman–Crippen MR) is 76.4 cm³/mol. The Morgan fingerprint density at radius 2 is 2.05 bits per heavy atom. The van der Waals surface area contributed by atoms with Crippen molar-refractivity contribution in [2.45, 2.75) is 24.4 Å². The van der Waals surface area contributed by atoms with Crippen molar-refractivity contribution >= 4 is 23.6 Å². The quantitative estimate of drug-likeness (QED) is 0.916. The van der Waals surface area contributed by atoms with Crippen molar-refractivity contribution < 1.29 is 19.4 Å². The number of carboxylic acids is 1. The molecule has 1 amide bonds. The fraction of sp³-hybridized carbons (Fsp3) is 0.429. The Bertz CT molecular complexity index is 493. The number of benzene rings is 1. The number of hydrogen-bond acceptors (Lipinski definition) is 4. The molecule has 1 aromatic rings. The highest BCUT2D eigenvalue weighted by molar-refractivity contribution is 8.00. The second kappa shape index (κ2) is 6.28. The van der Waals surface area contributed by atoms with Crippen molar-refractivity contribution in [1.82, 2.24) is 4.90 Å². The molecule has 20 heavy (non-hydrogen) atoms. The average molecular weight is 295 g/mol. The second-order valence-corrected chi connectivity index (χ2v) is 5.91. The van der Waals surface area contributed by atoms with Crippen molar-refractivity contribution in [2.24, 2.45) is 0 Å². The number of nitrogens with zero attached hydrogens (tertiary/aromatic N) is 1. The minimum atomic E-state index is -0.974. The third kappa shape index (κ3) is 2.81. The zero-order chi connectivity index (χ0) is 14.7. The summed E-state index contributed by atoms with van der Waals surface area (Å²) in [4.78, 5) is 25.3. The van der Waals surface area contributed by atoms with Gasteiger partial charge in [-0.15, -0.1) is 11.8 Å². The predicted octanol–water partition coefficient (Wildman–Crippen LogP) is 1.75. The maximum absolute atomic E-state index is 12.6. The molecule has 1 N–H and O–H groups in total. The van der Waals surface area contributed by atoms with E-state index in [2.05, 4.69) is 0 Å². The van der Waals surface area contributed by atoms with Crippen molar-refractivity contribution in [3.8, 4) is 0 Å². The molecule has 1 aliphatic rings. The molecule has 1 heterocycles. The fourth-order valence-corrected chi connectivity index (χ4v) is 3.49. The Balaban J connectivity index is 2.26. The highest BCUT2D eigenvalue weighted by Gasteiger charge is 2.42. The summed E-state index contributed by atoms with van der Waals surface area (Å²) < 4.78 is 5.29. The second-order valence-electron chi connectivity index (χ2n) is 4.56. The van der Waals surface area contributed by atoms with Gasteiger partial charge in [-0.05, 0) is 12.5 Å². The largest absolute Gasteiger partial charge is 0.480 e. The van der Waals surface area contributed by atoms with Gasteiger partial charge >= 0.3 is 5.97 Å². The molecule has 1 fully saturated rings. The number of methoxy groups -OCH3 is 1. The van der Waals surface area contributed by atoms with E-state index in [0.717, 1.165) is 5.56 Å². The molecular formula is C14H17NO4S. The summed E-state index contributed by atoms with van der Waals surface area (Å²) >= 11 is 1.46. The molecule has 0 spiro atoms. The summed E-state index contributed by atoms with van der Waals surface area (Å²) in [6.07, 6.45) is -0.765. The number of thioether (sulfide) groups is 1. The van der Waals surface area contributed by atoms with Crippen LogP contribution in [0.4, 0.5) is 0 Å². The highest BCUT2D eigenvalue weighted by Crippen LogP contribution is 2.32. The number of carbonyl (C=O) groups excluding carboxylic acids is 1. The molecule has 108 valence electrons. The van der Waals surface area contributed by atoms with Crippen LogP contribution in [0.3, 0.4) is 0 Å². The molecule has 0 radical (unpaired) electrons. The van der Waals surface area contributed by atoms with Crippen molar-refractivity contribution in [2.75, 3.05) is 12.9 Å². The standard InChI is InChI=1S/C14H17NO4S/c1-9-15(11(8-20-9)14(17)18)13(16)12(19-2)10-6-4-3-5-7-10/h3-7,9,11-12H,8H2,1-2H3,(H,17,18). The van der Waals surface area contributed by atoms with Gasteiger partial charge in [0.2, 0.25) is 0 Å². The Morgan fingerprint density at radius 3 is 2.60 bits per heavy atom. The maximum atomic E-state index is 12.6. The fourth-order valence-electron chi connectivity index (χ4n) is 2.31. The number of hydrogen-bond donors (Lipinski definition) is 1. The van der Waals surface area contributed by atoms with Crippen molar-refractivity contribution in [1.29, 1.82) is 0 Å². The lowest BCUT2D eigenvalue weighted by Gasteiger charge is -2.28. The number of aliphatic carboxylic acids is 1. The third-order valence-electron chi connectivity index (χ3n) is 3.32. The first-order valence-electron chi connectivity index (χ1n) is 6.30. The van der Waals surface area contributed by atoms with Crippen LogP contribution in [-0.2, 0) is 14.3 Å². The summed E-state index contributed by atoms with van der Waals surface area (Å²) in [6, 6.07) is 8.32. The van der Waals surface area contributed by atoms with Gasteiger partial charge in [-0.2, -0.15) is 0 Å². The van der Waals surface area contributed by atoms with E-state index in [1.807, 2.05) is 25.1 Å². The third-order valence-corrected chi connectivity index (χ3v) is 4.54. The lowest BCUT2D eigenvalue weighted by Crippen LogP contribution is -2.47. The van der Waals surface area contributed by atoms with E-state index in [1.165, 1.54) is 23.8 Å². The number of carboxylic acid groups (broad SMARTS) is 1. The van der Waals surface area contributed by atoms with E-state index < -0.39 is 18.1 Å². The van der Waals surface area contributed by atoms with Crippen LogP contribution in [-0.4, -0.2) is 46.2 Å². The minimum Gasteiger partial charge on any atom is -0.480 e. The van der Waals surface area contributed by atoms with E-state index in [-0.39, 0.29) is 11.3 Å². The molecule has 0 saturated carbocycles. The first-order valence-corrected chi connectivity index (χ1v) is 7.35. The molecule has 5 nitrogen and oxygen atoms in total. The molecule has 1 aromatic carbocycles. The van der Waals surface area contributed by atoms with Gasteiger partial charge in [-0.1, -0.05) is 30.3 Å². The van der Waals surface area contributed by atoms with Gasteiger partial charge in [0.25, 0.3) is 5.91 Å². The Kier molecular flexibility index (Phi) is 4.67. The molecule has 6 heteroatoms. The molecule has 0 aromatic heterocycles. The van der Waals surface area contributed by atoms with Crippen LogP contribution in [0.25, 0.3) is 0 Å². The molecule has 2 rings (SSSR count). The zero-order valence-corrected chi connectivity index (χ0v) is 12.2. The Hall–Kier alpha value is -1.53. The van der Waals surface area contributed by atoms with Crippen LogP contribution in [0.1, 0.15) is 18.6 Å². The van der Waals surface area contributed by atoms with Crippen molar-refractivity contribution in [3.63, 3.8) is 0 Å². The number of ether oxygens (including phenoxy) is 1. The van der Waals surface area contributed by atoms with Crippen LogP contribution < -0.4 is 0 Å². The van der Waals surface area contributed by atoms with Crippen LogP contribution in [0, 0.1) is 0 Å². The number of rotatable bonds is 4. The smallest absolute Gasteiger partial charge is 0.327 e. The SMILES string of the molecule is COC(C(=O)N1C(C)SCC1C(=O)O)c1ccccc1. The number of amides is 1. The maximum Gasteiger partial charge on any atom is 0.327 e. The summed E-state index contributed by atoms with van der Waals surface area (Å²) in [7, 11) is 1.46. The van der Waals surface area contributed by atoms with Crippen LogP contribution >= 0.6 is 11.8 Å². The van der Waals surface area contributed by atoms with Gasteiger partial charge < -0.3 is 14.7 Å². The summed E-state index contributed by atoms with van der Waals surface area (Å²) in [5.74, 6) is -0.866. The Labute approximate surface area is 121 Å². The first kappa shape index (κ1) is 14.9. The van der Waals surface area contributed by atoms with E-state index >= 15 is 0 Å². The highest BCUT2D eigenvalue weighted by atomic mass is 32.2. The minimum absolute atomic E-state index is 0.162. The average Bonchev–Trinajstić information content (AvgIpc) is 2.82. The van der Waals surface area contributed by atoms with Gasteiger partial charge in [0, 0.05) is 12.9 Å². The van der Waals surface area contributed by atoms with Crippen LogP contribution in [0.15, 0.2) is 30.3 Å². The van der Waals surface area contributed by atoms with E-state index in [1.54, 1.807) is 12.1 Å². The molecule has 3 atom stereocenters. The van der Waals surface area contributed by atoms with E-state index in [0.29, 0.717) is 5.75 Å². The summed E-state index contributed by atoms with van der Waals surface area (Å²) in [5.41, 5.74) is 0.730. The van der Waals surface area contributed by atoms with Gasteiger partial charge in [0.15, 0.2) is 6.10 Å². The van der Waals surface area contributed by atoms with Gasteiger partial charge in [-0.3, -0.25) is 4.79 Å². The van der Waals surface area contributed by atoms with E-state index in [9.17, 15) is 14.7 Å². The number of carbonyl (C=O) groups is 2. The molecule has 3 unspecified atom stereocenters. The lowest BCUT2D eigenvalue weighted by atomic mass is 10.1. The summed E-state index contributed by atoms with van der Waals surface area (Å²) in [6.45, 7) is 1.84. The van der Waals surface area contributed by atoms with E-state index in [4.69, 9.17) is 4.74 Å². The monoisotopic (exact) mass is 295 g/mol. The topological polar surface area (TPSA) is 66.8 Å². The first-order chi connectivity index (χ1) is 9.56. The molecule has 0 bridgehead atoms. The molecular weight excluding hydrogens is 278 g/mol. The molecule has 1 saturated heterocycles. The summed E-state index contributed by atoms with van der Waals surface area (Å²) in [5, 5.41) is 9.07. The van der Waals surface area contributed by atoms with Crippen molar-refractivity contribution in [3.05, 3.63) is 35.9 Å². The molecule has 1 aliphatic heterocycles.